The molecule has 1 saturated heterocycles. The maximum absolute atomic E-state index is 14.2. The number of benzene rings is 3. The van der Waals surface area contributed by atoms with Crippen molar-refractivity contribution in [3.63, 3.8) is 0 Å². The third-order valence-electron chi connectivity index (χ3n) is 5.09. The zero-order valence-electron chi connectivity index (χ0n) is 14.9. The van der Waals surface area contributed by atoms with Crippen LogP contribution >= 0.6 is 0 Å². The van der Waals surface area contributed by atoms with Gasteiger partial charge in [-0.25, -0.2) is 4.39 Å². The van der Waals surface area contributed by atoms with Gasteiger partial charge in [0.15, 0.2) is 0 Å². The highest BCUT2D eigenvalue weighted by molar-refractivity contribution is 5.94. The van der Waals surface area contributed by atoms with Crippen molar-refractivity contribution in [3.05, 3.63) is 90.2 Å². The van der Waals surface area contributed by atoms with Crippen LogP contribution in [0.15, 0.2) is 78.9 Å². The molecule has 1 aliphatic heterocycles. The van der Waals surface area contributed by atoms with Gasteiger partial charge in [-0.2, -0.15) is 0 Å². The Morgan fingerprint density at radius 1 is 0.889 bits per heavy atom. The number of hydrogen-bond acceptors (Lipinski definition) is 2. The lowest BCUT2D eigenvalue weighted by Crippen LogP contribution is -2.28. The Kier molecular flexibility index (Phi) is 4.99. The van der Waals surface area contributed by atoms with Crippen LogP contribution in [0.5, 0.6) is 0 Å². The molecule has 0 aromatic heterocycles. The van der Waals surface area contributed by atoms with Crippen molar-refractivity contribution in [2.75, 3.05) is 18.4 Å². The Morgan fingerprint density at radius 3 is 2.44 bits per heavy atom. The van der Waals surface area contributed by atoms with Crippen LogP contribution in [0.1, 0.15) is 11.5 Å². The molecule has 3 aromatic carbocycles. The molecule has 27 heavy (non-hydrogen) atoms. The average molecular weight is 360 g/mol. The number of carbonyl (C=O) groups excluding carboxylic acids is 1. The van der Waals surface area contributed by atoms with Crippen LogP contribution in [-0.4, -0.2) is 19.0 Å². The van der Waals surface area contributed by atoms with Gasteiger partial charge in [-0.3, -0.25) is 4.79 Å². The van der Waals surface area contributed by atoms with Crippen LogP contribution in [0.3, 0.4) is 0 Å². The molecule has 0 radical (unpaired) electrons. The molecule has 0 bridgehead atoms. The van der Waals surface area contributed by atoms with Crippen molar-refractivity contribution in [1.82, 2.24) is 5.32 Å². The van der Waals surface area contributed by atoms with Crippen molar-refractivity contribution in [1.29, 1.82) is 0 Å². The number of nitrogens with one attached hydrogen (secondary N) is 2. The second kappa shape index (κ2) is 7.72. The van der Waals surface area contributed by atoms with Gasteiger partial charge in [0.2, 0.25) is 5.91 Å². The molecule has 1 aliphatic rings. The van der Waals surface area contributed by atoms with E-state index in [1.807, 2.05) is 60.7 Å². The zero-order chi connectivity index (χ0) is 18.6. The number of rotatable bonds is 4. The van der Waals surface area contributed by atoms with Crippen LogP contribution in [0.2, 0.25) is 0 Å². The third kappa shape index (κ3) is 3.76. The highest BCUT2D eigenvalue weighted by Gasteiger charge is 2.35. The third-order valence-corrected chi connectivity index (χ3v) is 5.09. The Labute approximate surface area is 158 Å². The van der Waals surface area contributed by atoms with Crippen LogP contribution in [0.25, 0.3) is 11.1 Å². The summed E-state index contributed by atoms with van der Waals surface area (Å²) in [5, 5.41) is 6.24. The lowest BCUT2D eigenvalue weighted by atomic mass is 9.88. The maximum Gasteiger partial charge on any atom is 0.229 e. The summed E-state index contributed by atoms with van der Waals surface area (Å²) in [5.41, 5.74) is 3.49. The summed E-state index contributed by atoms with van der Waals surface area (Å²) in [7, 11) is 0. The van der Waals surface area contributed by atoms with Gasteiger partial charge in [-0.05, 0) is 34.9 Å². The lowest BCUT2D eigenvalue weighted by molar-refractivity contribution is -0.119. The summed E-state index contributed by atoms with van der Waals surface area (Å²) in [6.07, 6.45) is 0. The number of halogens is 1. The van der Waals surface area contributed by atoms with Crippen molar-refractivity contribution in [2.45, 2.75) is 5.92 Å². The number of amides is 1. The molecule has 0 aliphatic carbocycles. The van der Waals surface area contributed by atoms with E-state index >= 15 is 0 Å². The van der Waals surface area contributed by atoms with Crippen LogP contribution in [0, 0.1) is 11.7 Å². The predicted molar refractivity (Wildman–Crippen MR) is 106 cm³/mol. The van der Waals surface area contributed by atoms with E-state index < -0.39 is 0 Å². The predicted octanol–water partition coefficient (Wildman–Crippen LogP) is 4.43. The maximum atomic E-state index is 14.2. The molecule has 1 heterocycles. The van der Waals surface area contributed by atoms with Gasteiger partial charge in [-0.1, -0.05) is 60.7 Å². The molecule has 2 atom stereocenters. The first-order valence-corrected chi connectivity index (χ1v) is 9.14. The van der Waals surface area contributed by atoms with Crippen molar-refractivity contribution >= 4 is 11.6 Å². The fraction of sp³-hybridized carbons (Fsp3) is 0.174. The van der Waals surface area contributed by atoms with Gasteiger partial charge in [0.25, 0.3) is 0 Å². The minimum atomic E-state index is -0.303. The molecule has 136 valence electrons. The molecule has 0 saturated carbocycles. The normalized spacial score (nSPS) is 19.0. The number of carbonyl (C=O) groups is 1. The molecular formula is C23H21FN2O. The highest BCUT2D eigenvalue weighted by Crippen LogP contribution is 2.31. The van der Waals surface area contributed by atoms with Crippen LogP contribution in [-0.2, 0) is 4.79 Å². The van der Waals surface area contributed by atoms with Gasteiger partial charge in [0, 0.05) is 24.7 Å². The molecule has 3 nitrogen and oxygen atoms in total. The fourth-order valence-corrected chi connectivity index (χ4v) is 3.70. The topological polar surface area (TPSA) is 41.1 Å². The van der Waals surface area contributed by atoms with E-state index in [4.69, 9.17) is 0 Å². The standard InChI is InChI=1S/C23H21FN2O/c24-22-12-5-4-11-19(22)20-14-25-15-21(20)23(27)26-18-10-6-9-17(13-18)16-7-2-1-3-8-16/h1-13,20-21,25H,14-15H2,(H,26,27)/t20-,21+/m1/s1. The molecule has 0 unspecified atom stereocenters. The second-order valence-corrected chi connectivity index (χ2v) is 6.83. The molecule has 1 fully saturated rings. The molecule has 3 aromatic rings. The average Bonchev–Trinajstić information content (AvgIpc) is 3.19. The fourth-order valence-electron chi connectivity index (χ4n) is 3.70. The SMILES string of the molecule is O=C(Nc1cccc(-c2ccccc2)c1)[C@H]1CNC[C@@H]1c1ccccc1F. The van der Waals surface area contributed by atoms with Gasteiger partial charge in [0.05, 0.1) is 5.92 Å². The van der Waals surface area contributed by atoms with Gasteiger partial charge >= 0.3 is 0 Å². The molecule has 4 rings (SSSR count). The minimum Gasteiger partial charge on any atom is -0.326 e. The first kappa shape index (κ1) is 17.4. The summed E-state index contributed by atoms with van der Waals surface area (Å²) >= 11 is 0. The molecule has 2 N–H and O–H groups in total. The Balaban J connectivity index is 1.53. The van der Waals surface area contributed by atoms with Crippen molar-refractivity contribution < 1.29 is 9.18 Å². The Hall–Kier alpha value is -2.98. The van der Waals surface area contributed by atoms with E-state index in [9.17, 15) is 9.18 Å². The second-order valence-electron chi connectivity index (χ2n) is 6.83. The first-order chi connectivity index (χ1) is 13.2. The monoisotopic (exact) mass is 360 g/mol. The van der Waals surface area contributed by atoms with E-state index in [1.54, 1.807) is 12.1 Å². The lowest BCUT2D eigenvalue weighted by Gasteiger charge is -2.19. The summed E-state index contributed by atoms with van der Waals surface area (Å²) < 4.78 is 14.2. The quantitative estimate of drug-likeness (QED) is 0.722. The van der Waals surface area contributed by atoms with Crippen LogP contribution < -0.4 is 10.6 Å². The van der Waals surface area contributed by atoms with Crippen LogP contribution in [0.4, 0.5) is 10.1 Å². The Morgan fingerprint density at radius 2 is 1.63 bits per heavy atom. The Bertz CT molecular complexity index is 942. The molecular weight excluding hydrogens is 339 g/mol. The largest absolute Gasteiger partial charge is 0.326 e. The first-order valence-electron chi connectivity index (χ1n) is 9.14. The van der Waals surface area contributed by atoms with E-state index in [1.165, 1.54) is 6.07 Å². The van der Waals surface area contributed by atoms with E-state index in [0.717, 1.165) is 16.8 Å². The smallest absolute Gasteiger partial charge is 0.229 e. The summed E-state index contributed by atoms with van der Waals surface area (Å²) in [4.78, 5) is 12.9. The van der Waals surface area contributed by atoms with E-state index in [2.05, 4.69) is 10.6 Å². The summed E-state index contributed by atoms with van der Waals surface area (Å²) in [6.45, 7) is 1.15. The van der Waals surface area contributed by atoms with Gasteiger partial charge < -0.3 is 10.6 Å². The summed E-state index contributed by atoms with van der Waals surface area (Å²) in [5.74, 6) is -0.806. The van der Waals surface area contributed by atoms with Crippen molar-refractivity contribution in [2.24, 2.45) is 5.92 Å². The minimum absolute atomic E-state index is 0.0848. The van der Waals surface area contributed by atoms with E-state index in [0.29, 0.717) is 18.7 Å². The number of anilines is 1. The molecule has 1 amide bonds. The van der Waals surface area contributed by atoms with Gasteiger partial charge in [-0.15, -0.1) is 0 Å². The summed E-state index contributed by atoms with van der Waals surface area (Å²) in [6, 6.07) is 24.5. The van der Waals surface area contributed by atoms with Crippen molar-refractivity contribution in [3.8, 4) is 11.1 Å². The zero-order valence-corrected chi connectivity index (χ0v) is 14.9. The number of hydrogen-bond donors (Lipinski definition) is 2. The molecule has 4 heteroatoms. The molecule has 0 spiro atoms. The van der Waals surface area contributed by atoms with Gasteiger partial charge in [0.1, 0.15) is 5.82 Å². The highest BCUT2D eigenvalue weighted by atomic mass is 19.1. The van der Waals surface area contributed by atoms with E-state index in [-0.39, 0.29) is 23.6 Å².